The van der Waals surface area contributed by atoms with E-state index in [1.165, 1.54) is 44.3 Å². The quantitative estimate of drug-likeness (QED) is 0.679. The van der Waals surface area contributed by atoms with Crippen LogP contribution in [0.2, 0.25) is 0 Å². The lowest BCUT2D eigenvalue weighted by Crippen LogP contribution is -2.34. The highest BCUT2D eigenvalue weighted by atomic mass is 15.2. The van der Waals surface area contributed by atoms with Crippen LogP contribution in [0.1, 0.15) is 38.2 Å². The van der Waals surface area contributed by atoms with Crippen LogP contribution in [0.5, 0.6) is 0 Å². The van der Waals surface area contributed by atoms with E-state index >= 15 is 0 Å². The molecule has 18 heavy (non-hydrogen) atoms. The van der Waals surface area contributed by atoms with Crippen molar-refractivity contribution in [2.45, 2.75) is 45.2 Å². The number of hydrogen-bond donors (Lipinski definition) is 1. The summed E-state index contributed by atoms with van der Waals surface area (Å²) in [4.78, 5) is 6.78. The Bertz CT molecular complexity index is 322. The van der Waals surface area contributed by atoms with Crippen LogP contribution in [0, 0.1) is 0 Å². The third-order valence-electron chi connectivity index (χ3n) is 3.49. The first kappa shape index (κ1) is 13.5. The van der Waals surface area contributed by atoms with Crippen LogP contribution in [0.25, 0.3) is 0 Å². The summed E-state index contributed by atoms with van der Waals surface area (Å²) in [5.41, 5.74) is 1.27. The van der Waals surface area contributed by atoms with E-state index in [2.05, 4.69) is 28.2 Å². The van der Waals surface area contributed by atoms with Gasteiger partial charge in [0.2, 0.25) is 0 Å². The number of rotatable bonds is 9. The molecule has 0 saturated heterocycles. The Kier molecular flexibility index (Phi) is 5.62. The van der Waals surface area contributed by atoms with Gasteiger partial charge in [0.05, 0.1) is 0 Å². The summed E-state index contributed by atoms with van der Waals surface area (Å²) in [6.07, 6.45) is 9.20. The Hall–Kier alpha value is -0.930. The maximum absolute atomic E-state index is 4.13. The third-order valence-corrected chi connectivity index (χ3v) is 3.49. The molecule has 2 rings (SSSR count). The van der Waals surface area contributed by atoms with Crippen molar-refractivity contribution in [2.75, 3.05) is 19.6 Å². The predicted octanol–water partition coefficient (Wildman–Crippen LogP) is 2.44. The molecule has 0 aromatic carbocycles. The standard InChI is InChI=1S/C15H25N3/c1-2-3-10-18(15-6-7-15)11-9-17-13-14-5-4-8-16-12-14/h4-5,8,12,15,17H,2-3,6-7,9-11,13H2,1H3. The molecule has 0 radical (unpaired) electrons. The van der Waals surface area contributed by atoms with Gasteiger partial charge < -0.3 is 5.32 Å². The van der Waals surface area contributed by atoms with Gasteiger partial charge in [0.25, 0.3) is 0 Å². The van der Waals surface area contributed by atoms with Gasteiger partial charge in [-0.3, -0.25) is 9.88 Å². The molecule has 0 aliphatic heterocycles. The summed E-state index contributed by atoms with van der Waals surface area (Å²) in [6, 6.07) is 5.00. The fraction of sp³-hybridized carbons (Fsp3) is 0.667. The van der Waals surface area contributed by atoms with Crippen molar-refractivity contribution in [1.29, 1.82) is 0 Å². The molecule has 1 aromatic heterocycles. The van der Waals surface area contributed by atoms with Gasteiger partial charge >= 0.3 is 0 Å². The molecular weight excluding hydrogens is 222 g/mol. The summed E-state index contributed by atoms with van der Waals surface area (Å²) in [7, 11) is 0. The van der Waals surface area contributed by atoms with Crippen molar-refractivity contribution in [2.24, 2.45) is 0 Å². The molecule has 1 aliphatic carbocycles. The van der Waals surface area contributed by atoms with E-state index in [0.29, 0.717) is 0 Å². The Morgan fingerprint density at radius 2 is 2.28 bits per heavy atom. The highest BCUT2D eigenvalue weighted by Crippen LogP contribution is 2.26. The summed E-state index contributed by atoms with van der Waals surface area (Å²) in [6.45, 7) is 6.74. The van der Waals surface area contributed by atoms with E-state index in [-0.39, 0.29) is 0 Å². The first-order valence-electron chi connectivity index (χ1n) is 7.24. The minimum Gasteiger partial charge on any atom is -0.311 e. The van der Waals surface area contributed by atoms with Crippen LogP contribution in [0.3, 0.4) is 0 Å². The minimum absolute atomic E-state index is 0.886. The second-order valence-electron chi connectivity index (χ2n) is 5.16. The van der Waals surface area contributed by atoms with E-state index < -0.39 is 0 Å². The molecule has 0 amide bonds. The van der Waals surface area contributed by atoms with Gasteiger partial charge in [0.15, 0.2) is 0 Å². The summed E-state index contributed by atoms with van der Waals surface area (Å²) < 4.78 is 0. The second kappa shape index (κ2) is 7.49. The van der Waals surface area contributed by atoms with Crippen LogP contribution in [-0.4, -0.2) is 35.6 Å². The highest BCUT2D eigenvalue weighted by molar-refractivity contribution is 5.07. The summed E-state index contributed by atoms with van der Waals surface area (Å²) in [5.74, 6) is 0. The van der Waals surface area contributed by atoms with Crippen molar-refractivity contribution in [3.63, 3.8) is 0 Å². The smallest absolute Gasteiger partial charge is 0.0312 e. The molecule has 1 saturated carbocycles. The molecule has 1 heterocycles. The summed E-state index contributed by atoms with van der Waals surface area (Å²) in [5, 5.41) is 3.51. The molecule has 0 spiro atoms. The normalized spacial score (nSPS) is 15.2. The van der Waals surface area contributed by atoms with Gasteiger partial charge in [-0.05, 0) is 37.4 Å². The van der Waals surface area contributed by atoms with Crippen LogP contribution in [0.4, 0.5) is 0 Å². The molecule has 3 nitrogen and oxygen atoms in total. The average molecular weight is 247 g/mol. The fourth-order valence-electron chi connectivity index (χ4n) is 2.24. The lowest BCUT2D eigenvalue weighted by molar-refractivity contribution is 0.259. The molecule has 0 bridgehead atoms. The number of unbranched alkanes of at least 4 members (excludes halogenated alkanes) is 1. The van der Waals surface area contributed by atoms with Gasteiger partial charge in [-0.1, -0.05) is 19.4 Å². The Balaban J connectivity index is 1.61. The average Bonchev–Trinajstić information content (AvgIpc) is 3.23. The molecular formula is C15H25N3. The van der Waals surface area contributed by atoms with Gasteiger partial charge in [-0.15, -0.1) is 0 Å². The minimum atomic E-state index is 0.886. The lowest BCUT2D eigenvalue weighted by Gasteiger charge is -2.21. The molecule has 1 fully saturated rings. The Labute approximate surface area is 111 Å². The topological polar surface area (TPSA) is 28.2 Å². The van der Waals surface area contributed by atoms with Crippen LogP contribution in [-0.2, 0) is 6.54 Å². The van der Waals surface area contributed by atoms with Crippen molar-refractivity contribution in [3.8, 4) is 0 Å². The van der Waals surface area contributed by atoms with Crippen molar-refractivity contribution >= 4 is 0 Å². The van der Waals surface area contributed by atoms with Gasteiger partial charge in [-0.25, -0.2) is 0 Å². The summed E-state index contributed by atoms with van der Waals surface area (Å²) >= 11 is 0. The number of pyridine rings is 1. The lowest BCUT2D eigenvalue weighted by atomic mass is 10.3. The van der Waals surface area contributed by atoms with Crippen LogP contribution < -0.4 is 5.32 Å². The number of hydrogen-bond acceptors (Lipinski definition) is 3. The van der Waals surface area contributed by atoms with Gasteiger partial charge in [-0.2, -0.15) is 0 Å². The largest absolute Gasteiger partial charge is 0.311 e. The molecule has 100 valence electrons. The van der Waals surface area contributed by atoms with Gasteiger partial charge in [0.1, 0.15) is 0 Å². The number of nitrogens with one attached hydrogen (secondary N) is 1. The zero-order valence-electron chi connectivity index (χ0n) is 11.4. The molecule has 0 atom stereocenters. The van der Waals surface area contributed by atoms with Crippen LogP contribution in [0.15, 0.2) is 24.5 Å². The molecule has 3 heteroatoms. The third kappa shape index (κ3) is 4.75. The predicted molar refractivity (Wildman–Crippen MR) is 75.4 cm³/mol. The number of nitrogens with zero attached hydrogens (tertiary/aromatic N) is 2. The molecule has 1 aliphatic rings. The fourth-order valence-corrected chi connectivity index (χ4v) is 2.24. The van der Waals surface area contributed by atoms with E-state index in [1.54, 1.807) is 0 Å². The second-order valence-corrected chi connectivity index (χ2v) is 5.16. The van der Waals surface area contributed by atoms with E-state index in [1.807, 2.05) is 18.5 Å². The Morgan fingerprint density at radius 1 is 1.39 bits per heavy atom. The van der Waals surface area contributed by atoms with E-state index in [4.69, 9.17) is 0 Å². The van der Waals surface area contributed by atoms with E-state index in [9.17, 15) is 0 Å². The first-order chi connectivity index (χ1) is 8.90. The van der Waals surface area contributed by atoms with Gasteiger partial charge in [0, 0.05) is 38.1 Å². The maximum atomic E-state index is 4.13. The van der Waals surface area contributed by atoms with Crippen molar-refractivity contribution in [1.82, 2.24) is 15.2 Å². The molecule has 0 unspecified atom stereocenters. The van der Waals surface area contributed by atoms with Crippen molar-refractivity contribution < 1.29 is 0 Å². The maximum Gasteiger partial charge on any atom is 0.0312 e. The number of aromatic nitrogens is 1. The Morgan fingerprint density at radius 3 is 2.94 bits per heavy atom. The molecule has 1 aromatic rings. The first-order valence-corrected chi connectivity index (χ1v) is 7.24. The van der Waals surface area contributed by atoms with Crippen molar-refractivity contribution in [3.05, 3.63) is 30.1 Å². The zero-order chi connectivity index (χ0) is 12.6. The molecule has 1 N–H and O–H groups in total. The highest BCUT2D eigenvalue weighted by Gasteiger charge is 2.27. The van der Waals surface area contributed by atoms with Crippen LogP contribution >= 0.6 is 0 Å². The monoisotopic (exact) mass is 247 g/mol. The zero-order valence-corrected chi connectivity index (χ0v) is 11.4. The SMILES string of the molecule is CCCCN(CCNCc1cccnc1)C1CC1. The van der Waals surface area contributed by atoms with E-state index in [0.717, 1.165) is 19.1 Å².